The van der Waals surface area contributed by atoms with Crippen molar-refractivity contribution in [1.82, 2.24) is 0 Å². The number of benzene rings is 2. The highest BCUT2D eigenvalue weighted by Crippen LogP contribution is 2.23. The Kier molecular flexibility index (Phi) is 6.39. The van der Waals surface area contributed by atoms with E-state index in [1.807, 2.05) is 13.8 Å². The zero-order chi connectivity index (χ0) is 19.3. The molecule has 2 rings (SSSR count). The van der Waals surface area contributed by atoms with Gasteiger partial charge < -0.3 is 11.1 Å². The molecule has 1 amide bonds. The molecular formula is C19H25N3O3S. The summed E-state index contributed by atoms with van der Waals surface area (Å²) < 4.78 is 27.9. The van der Waals surface area contributed by atoms with Crippen molar-refractivity contribution in [1.29, 1.82) is 0 Å². The molecule has 0 unspecified atom stereocenters. The standard InChI is InChI=1S/C19H25N3O3S/c1-13(2)11-17(20)19(23)21-16-10-9-14(3)18(12-16)26(24,25)22-15-7-5-4-6-8-15/h4-10,12-13,17,22H,11,20H2,1-3H3,(H,21,23)/t17-/m0/s1. The molecule has 0 saturated carbocycles. The van der Waals surface area contributed by atoms with Crippen LogP contribution in [0.1, 0.15) is 25.8 Å². The van der Waals surface area contributed by atoms with Crippen LogP contribution in [0.3, 0.4) is 0 Å². The zero-order valence-electron chi connectivity index (χ0n) is 15.2. The van der Waals surface area contributed by atoms with Gasteiger partial charge in [0.05, 0.1) is 10.9 Å². The van der Waals surface area contributed by atoms with Gasteiger partial charge >= 0.3 is 0 Å². The quantitative estimate of drug-likeness (QED) is 0.692. The van der Waals surface area contributed by atoms with Gasteiger partial charge in [0.1, 0.15) is 0 Å². The number of carbonyl (C=O) groups excluding carboxylic acids is 1. The summed E-state index contributed by atoms with van der Waals surface area (Å²) in [4.78, 5) is 12.3. The number of amides is 1. The van der Waals surface area contributed by atoms with Crippen molar-refractivity contribution in [2.75, 3.05) is 10.0 Å². The van der Waals surface area contributed by atoms with E-state index in [4.69, 9.17) is 5.73 Å². The van der Waals surface area contributed by atoms with Gasteiger partial charge in [0.25, 0.3) is 10.0 Å². The van der Waals surface area contributed by atoms with Crippen molar-refractivity contribution in [3.8, 4) is 0 Å². The Balaban J connectivity index is 2.22. The van der Waals surface area contributed by atoms with Gasteiger partial charge in [0.2, 0.25) is 5.91 Å². The van der Waals surface area contributed by atoms with Crippen LogP contribution in [-0.2, 0) is 14.8 Å². The van der Waals surface area contributed by atoms with Gasteiger partial charge in [-0.25, -0.2) is 8.42 Å². The average molecular weight is 375 g/mol. The zero-order valence-corrected chi connectivity index (χ0v) is 16.0. The largest absolute Gasteiger partial charge is 0.325 e. The molecule has 0 aromatic heterocycles. The lowest BCUT2D eigenvalue weighted by molar-refractivity contribution is -0.117. The minimum Gasteiger partial charge on any atom is -0.325 e. The van der Waals surface area contributed by atoms with Gasteiger partial charge in [-0.2, -0.15) is 0 Å². The highest BCUT2D eigenvalue weighted by Gasteiger charge is 2.20. The van der Waals surface area contributed by atoms with Crippen molar-refractivity contribution >= 4 is 27.3 Å². The first-order valence-corrected chi connectivity index (χ1v) is 9.92. The molecule has 0 aliphatic rings. The van der Waals surface area contributed by atoms with E-state index in [1.54, 1.807) is 49.4 Å². The lowest BCUT2D eigenvalue weighted by Gasteiger charge is -2.16. The van der Waals surface area contributed by atoms with Gasteiger partial charge in [0.15, 0.2) is 0 Å². The second-order valence-corrected chi connectivity index (χ2v) is 8.33. The molecular weight excluding hydrogens is 350 g/mol. The fourth-order valence-corrected chi connectivity index (χ4v) is 3.86. The van der Waals surface area contributed by atoms with Crippen molar-refractivity contribution in [2.24, 2.45) is 11.7 Å². The van der Waals surface area contributed by atoms with E-state index < -0.39 is 16.1 Å². The van der Waals surface area contributed by atoms with Crippen LogP contribution in [0, 0.1) is 12.8 Å². The summed E-state index contributed by atoms with van der Waals surface area (Å²) in [5.74, 6) is -0.0401. The minimum atomic E-state index is -3.77. The van der Waals surface area contributed by atoms with Crippen LogP contribution in [0.25, 0.3) is 0 Å². The summed E-state index contributed by atoms with van der Waals surface area (Å²) in [6.07, 6.45) is 0.554. The summed E-state index contributed by atoms with van der Waals surface area (Å²) in [7, 11) is -3.77. The molecule has 2 aromatic carbocycles. The summed E-state index contributed by atoms with van der Waals surface area (Å²) in [5.41, 5.74) is 7.33. The topological polar surface area (TPSA) is 101 Å². The maximum atomic E-state index is 12.7. The maximum Gasteiger partial charge on any atom is 0.262 e. The van der Waals surface area contributed by atoms with Crippen molar-refractivity contribution in [3.05, 3.63) is 54.1 Å². The molecule has 4 N–H and O–H groups in total. The Hall–Kier alpha value is -2.38. The molecule has 0 spiro atoms. The third-order valence-electron chi connectivity index (χ3n) is 3.83. The average Bonchev–Trinajstić information content (AvgIpc) is 2.56. The second kappa shape index (κ2) is 8.33. The lowest BCUT2D eigenvalue weighted by Crippen LogP contribution is -2.36. The lowest BCUT2D eigenvalue weighted by atomic mass is 10.0. The molecule has 0 bridgehead atoms. The van der Waals surface area contributed by atoms with Crippen LogP contribution in [0.15, 0.2) is 53.4 Å². The maximum absolute atomic E-state index is 12.7. The first-order chi connectivity index (χ1) is 12.2. The van der Waals surface area contributed by atoms with E-state index >= 15 is 0 Å². The predicted molar refractivity (Wildman–Crippen MR) is 104 cm³/mol. The van der Waals surface area contributed by atoms with Gasteiger partial charge in [-0.15, -0.1) is 0 Å². The predicted octanol–water partition coefficient (Wildman–Crippen LogP) is 3.11. The fourth-order valence-electron chi connectivity index (χ4n) is 2.53. The molecule has 7 heteroatoms. The highest BCUT2D eigenvalue weighted by atomic mass is 32.2. The Morgan fingerprint density at radius 3 is 2.35 bits per heavy atom. The number of hydrogen-bond donors (Lipinski definition) is 3. The van der Waals surface area contributed by atoms with E-state index in [0.29, 0.717) is 29.3 Å². The van der Waals surface area contributed by atoms with Crippen LogP contribution in [0.2, 0.25) is 0 Å². The number of nitrogens with two attached hydrogens (primary N) is 1. The third-order valence-corrected chi connectivity index (χ3v) is 5.36. The number of rotatable bonds is 7. The number of carbonyl (C=O) groups is 1. The van der Waals surface area contributed by atoms with E-state index in [2.05, 4.69) is 10.0 Å². The SMILES string of the molecule is Cc1ccc(NC(=O)[C@@H](N)CC(C)C)cc1S(=O)(=O)Nc1ccccc1. The molecule has 6 nitrogen and oxygen atoms in total. The summed E-state index contributed by atoms with van der Waals surface area (Å²) in [5, 5.41) is 2.69. The molecule has 0 aliphatic carbocycles. The molecule has 0 saturated heterocycles. The summed E-state index contributed by atoms with van der Waals surface area (Å²) in [6.45, 7) is 5.67. The Morgan fingerprint density at radius 2 is 1.73 bits per heavy atom. The number of anilines is 2. The first-order valence-electron chi connectivity index (χ1n) is 8.44. The van der Waals surface area contributed by atoms with Crippen LogP contribution >= 0.6 is 0 Å². The molecule has 1 atom stereocenters. The van der Waals surface area contributed by atoms with Gasteiger partial charge in [-0.05, 0) is 49.1 Å². The van der Waals surface area contributed by atoms with Gasteiger partial charge in [0, 0.05) is 11.4 Å². The minimum absolute atomic E-state index is 0.108. The van der Waals surface area contributed by atoms with Crippen molar-refractivity contribution in [2.45, 2.75) is 38.1 Å². The Morgan fingerprint density at radius 1 is 1.08 bits per heavy atom. The number of hydrogen-bond acceptors (Lipinski definition) is 4. The monoisotopic (exact) mass is 375 g/mol. The van der Waals surface area contributed by atoms with E-state index in [-0.39, 0.29) is 10.8 Å². The first kappa shape index (κ1) is 19.9. The van der Waals surface area contributed by atoms with Crippen LogP contribution in [-0.4, -0.2) is 20.4 Å². The molecule has 0 fully saturated rings. The van der Waals surface area contributed by atoms with Gasteiger partial charge in [-0.3, -0.25) is 9.52 Å². The summed E-state index contributed by atoms with van der Waals surface area (Å²) in [6, 6.07) is 12.8. The second-order valence-electron chi connectivity index (χ2n) is 6.68. The normalized spacial score (nSPS) is 12.7. The van der Waals surface area contributed by atoms with Gasteiger partial charge in [-0.1, -0.05) is 38.1 Å². The molecule has 2 aromatic rings. The Labute approximate surface area is 154 Å². The number of aryl methyl sites for hydroxylation is 1. The molecule has 140 valence electrons. The Bertz CT molecular complexity index is 865. The fraction of sp³-hybridized carbons (Fsp3) is 0.316. The number of sulfonamides is 1. The smallest absolute Gasteiger partial charge is 0.262 e. The molecule has 0 radical (unpaired) electrons. The van der Waals surface area contributed by atoms with E-state index in [0.717, 1.165) is 0 Å². The number of para-hydroxylation sites is 1. The molecule has 0 aliphatic heterocycles. The van der Waals surface area contributed by atoms with E-state index in [9.17, 15) is 13.2 Å². The van der Waals surface area contributed by atoms with Crippen LogP contribution in [0.5, 0.6) is 0 Å². The van der Waals surface area contributed by atoms with Crippen LogP contribution in [0.4, 0.5) is 11.4 Å². The summed E-state index contributed by atoms with van der Waals surface area (Å²) >= 11 is 0. The highest BCUT2D eigenvalue weighted by molar-refractivity contribution is 7.92. The van der Waals surface area contributed by atoms with E-state index in [1.165, 1.54) is 6.07 Å². The van der Waals surface area contributed by atoms with Crippen molar-refractivity contribution < 1.29 is 13.2 Å². The van der Waals surface area contributed by atoms with Crippen molar-refractivity contribution in [3.63, 3.8) is 0 Å². The molecule has 26 heavy (non-hydrogen) atoms. The van der Waals surface area contributed by atoms with Crippen LogP contribution < -0.4 is 15.8 Å². The molecule has 0 heterocycles. The third kappa shape index (κ3) is 5.31. The number of nitrogens with one attached hydrogen (secondary N) is 2.